The van der Waals surface area contributed by atoms with Crippen molar-refractivity contribution in [1.82, 2.24) is 5.32 Å². The molecule has 1 heterocycles. The van der Waals surface area contributed by atoms with E-state index in [2.05, 4.69) is 5.32 Å². The third-order valence-corrected chi connectivity index (χ3v) is 2.46. The van der Waals surface area contributed by atoms with Crippen LogP contribution >= 0.6 is 0 Å². The summed E-state index contributed by atoms with van der Waals surface area (Å²) in [6, 6.07) is 6.43. The molecule has 1 saturated heterocycles. The van der Waals surface area contributed by atoms with Crippen LogP contribution in [0.2, 0.25) is 0 Å². The van der Waals surface area contributed by atoms with Gasteiger partial charge >= 0.3 is 0 Å². The number of rotatable bonds is 1. The van der Waals surface area contributed by atoms with E-state index in [1.807, 2.05) is 6.07 Å². The normalized spacial score (nSPS) is 27.8. The molecule has 0 amide bonds. The summed E-state index contributed by atoms with van der Waals surface area (Å²) in [5.74, 6) is -0.202. The van der Waals surface area contributed by atoms with Crippen LogP contribution in [0.1, 0.15) is 11.5 Å². The van der Waals surface area contributed by atoms with E-state index in [0.29, 0.717) is 6.54 Å². The van der Waals surface area contributed by atoms with Crippen LogP contribution in [-0.4, -0.2) is 24.3 Å². The van der Waals surface area contributed by atoms with Gasteiger partial charge in [-0.3, -0.25) is 0 Å². The molecule has 2 rings (SSSR count). The van der Waals surface area contributed by atoms with Gasteiger partial charge in [0.2, 0.25) is 0 Å². The molecule has 2 nitrogen and oxygen atoms in total. The maximum absolute atomic E-state index is 12.8. The average Bonchev–Trinajstić information content (AvgIpc) is 2.51. The zero-order chi connectivity index (χ0) is 9.26. The van der Waals surface area contributed by atoms with Crippen LogP contribution in [-0.2, 0) is 0 Å². The summed E-state index contributed by atoms with van der Waals surface area (Å²) in [6.45, 7) is 1.33. The highest BCUT2D eigenvalue weighted by Gasteiger charge is 2.26. The van der Waals surface area contributed by atoms with Crippen molar-refractivity contribution >= 4 is 0 Å². The zero-order valence-electron chi connectivity index (χ0n) is 7.20. The van der Waals surface area contributed by atoms with Gasteiger partial charge in [-0.1, -0.05) is 12.1 Å². The van der Waals surface area contributed by atoms with Crippen molar-refractivity contribution in [2.24, 2.45) is 0 Å². The summed E-state index contributed by atoms with van der Waals surface area (Å²) >= 11 is 0. The highest BCUT2D eigenvalue weighted by atomic mass is 19.1. The van der Waals surface area contributed by atoms with Crippen LogP contribution in [0.15, 0.2) is 24.3 Å². The fourth-order valence-electron chi connectivity index (χ4n) is 1.74. The Hall–Kier alpha value is -0.930. The molecular weight excluding hydrogens is 169 g/mol. The van der Waals surface area contributed by atoms with Crippen molar-refractivity contribution in [2.75, 3.05) is 13.1 Å². The van der Waals surface area contributed by atoms with Gasteiger partial charge in [-0.15, -0.1) is 0 Å². The van der Waals surface area contributed by atoms with Crippen LogP contribution in [0.5, 0.6) is 0 Å². The standard InChI is InChI=1S/C10H12FNO/c11-8-3-1-2-7(4-8)9-5-12-6-10(9)13/h1-4,9-10,12-13H,5-6H2. The quantitative estimate of drug-likeness (QED) is 0.674. The molecule has 2 atom stereocenters. The average molecular weight is 181 g/mol. The molecule has 3 heteroatoms. The molecule has 1 aliphatic heterocycles. The highest BCUT2D eigenvalue weighted by molar-refractivity contribution is 5.23. The largest absolute Gasteiger partial charge is 0.391 e. The Bertz CT molecular complexity index is 303. The van der Waals surface area contributed by atoms with Crippen LogP contribution in [0.3, 0.4) is 0 Å². The van der Waals surface area contributed by atoms with Gasteiger partial charge in [-0.05, 0) is 17.7 Å². The third-order valence-electron chi connectivity index (χ3n) is 2.46. The summed E-state index contributed by atoms with van der Waals surface area (Å²) in [4.78, 5) is 0. The summed E-state index contributed by atoms with van der Waals surface area (Å²) in [5.41, 5.74) is 0.873. The fraction of sp³-hybridized carbons (Fsp3) is 0.400. The number of hydrogen-bond acceptors (Lipinski definition) is 2. The summed E-state index contributed by atoms with van der Waals surface area (Å²) in [5, 5.41) is 12.6. The maximum Gasteiger partial charge on any atom is 0.123 e. The first kappa shape index (κ1) is 8.66. The van der Waals surface area contributed by atoms with Crippen LogP contribution in [0.25, 0.3) is 0 Å². The number of nitrogens with one attached hydrogen (secondary N) is 1. The van der Waals surface area contributed by atoms with E-state index in [9.17, 15) is 9.50 Å². The molecule has 0 aliphatic carbocycles. The summed E-state index contributed by atoms with van der Waals surface area (Å²) in [6.07, 6.45) is -0.387. The summed E-state index contributed by atoms with van der Waals surface area (Å²) in [7, 11) is 0. The highest BCUT2D eigenvalue weighted by Crippen LogP contribution is 2.22. The van der Waals surface area contributed by atoms with E-state index < -0.39 is 0 Å². The predicted molar refractivity (Wildman–Crippen MR) is 48.0 cm³/mol. The minimum absolute atomic E-state index is 0.0377. The molecule has 1 aromatic carbocycles. The van der Waals surface area contributed by atoms with Gasteiger partial charge in [-0.25, -0.2) is 4.39 Å². The van der Waals surface area contributed by atoms with E-state index in [4.69, 9.17) is 0 Å². The minimum atomic E-state index is -0.387. The lowest BCUT2D eigenvalue weighted by Crippen LogP contribution is -2.16. The first-order valence-electron chi connectivity index (χ1n) is 4.41. The Morgan fingerprint density at radius 1 is 1.38 bits per heavy atom. The molecule has 0 saturated carbocycles. The van der Waals surface area contributed by atoms with Crippen LogP contribution < -0.4 is 5.32 Å². The first-order chi connectivity index (χ1) is 6.27. The molecule has 2 N–H and O–H groups in total. The van der Waals surface area contributed by atoms with Crippen molar-refractivity contribution in [3.05, 3.63) is 35.6 Å². The van der Waals surface area contributed by atoms with Gasteiger partial charge in [0.25, 0.3) is 0 Å². The smallest absolute Gasteiger partial charge is 0.123 e. The molecule has 1 aliphatic rings. The fourth-order valence-corrected chi connectivity index (χ4v) is 1.74. The second-order valence-corrected chi connectivity index (χ2v) is 3.39. The zero-order valence-corrected chi connectivity index (χ0v) is 7.20. The number of aliphatic hydroxyl groups excluding tert-OH is 1. The molecule has 1 fully saturated rings. The number of aliphatic hydroxyl groups is 1. The summed E-state index contributed by atoms with van der Waals surface area (Å²) < 4.78 is 12.8. The van der Waals surface area contributed by atoms with Gasteiger partial charge < -0.3 is 10.4 Å². The lowest BCUT2D eigenvalue weighted by Gasteiger charge is -2.13. The molecule has 13 heavy (non-hydrogen) atoms. The second-order valence-electron chi connectivity index (χ2n) is 3.39. The molecule has 70 valence electrons. The first-order valence-corrected chi connectivity index (χ1v) is 4.41. The lowest BCUT2D eigenvalue weighted by atomic mass is 9.96. The molecule has 2 unspecified atom stereocenters. The molecule has 0 radical (unpaired) electrons. The monoisotopic (exact) mass is 181 g/mol. The molecule has 0 aromatic heterocycles. The number of hydrogen-bond donors (Lipinski definition) is 2. The SMILES string of the molecule is OC1CNCC1c1cccc(F)c1. The molecule has 1 aromatic rings. The van der Waals surface area contributed by atoms with E-state index in [1.165, 1.54) is 12.1 Å². The van der Waals surface area contributed by atoms with E-state index >= 15 is 0 Å². The number of halogens is 1. The van der Waals surface area contributed by atoms with Gasteiger partial charge in [0, 0.05) is 19.0 Å². The van der Waals surface area contributed by atoms with E-state index in [-0.39, 0.29) is 17.8 Å². The second kappa shape index (κ2) is 3.44. The van der Waals surface area contributed by atoms with E-state index in [0.717, 1.165) is 12.1 Å². The third kappa shape index (κ3) is 1.71. The number of benzene rings is 1. The Kier molecular flexibility index (Phi) is 2.29. The van der Waals surface area contributed by atoms with E-state index in [1.54, 1.807) is 6.07 Å². The van der Waals surface area contributed by atoms with Gasteiger partial charge in [-0.2, -0.15) is 0 Å². The van der Waals surface area contributed by atoms with Gasteiger partial charge in [0.1, 0.15) is 5.82 Å². The van der Waals surface area contributed by atoms with Crippen molar-refractivity contribution in [1.29, 1.82) is 0 Å². The predicted octanol–water partition coefficient (Wildman–Crippen LogP) is 0.873. The molecule has 0 spiro atoms. The van der Waals surface area contributed by atoms with Crippen molar-refractivity contribution < 1.29 is 9.50 Å². The van der Waals surface area contributed by atoms with Crippen LogP contribution in [0, 0.1) is 5.82 Å². The lowest BCUT2D eigenvalue weighted by molar-refractivity contribution is 0.177. The Morgan fingerprint density at radius 3 is 2.85 bits per heavy atom. The van der Waals surface area contributed by atoms with Gasteiger partial charge in [0.15, 0.2) is 0 Å². The molecular formula is C10H12FNO. The van der Waals surface area contributed by atoms with Crippen LogP contribution in [0.4, 0.5) is 4.39 Å². The van der Waals surface area contributed by atoms with Crippen molar-refractivity contribution in [3.63, 3.8) is 0 Å². The minimum Gasteiger partial charge on any atom is -0.391 e. The molecule has 0 bridgehead atoms. The maximum atomic E-state index is 12.8. The number of β-amino-alcohol motifs (C(OH)–C–C–N with tert-alkyl or cyclic N) is 1. The Morgan fingerprint density at radius 2 is 2.23 bits per heavy atom. The Balaban J connectivity index is 2.24. The van der Waals surface area contributed by atoms with Crippen molar-refractivity contribution in [2.45, 2.75) is 12.0 Å². The van der Waals surface area contributed by atoms with Gasteiger partial charge in [0.05, 0.1) is 6.10 Å². The topological polar surface area (TPSA) is 32.3 Å². The Labute approximate surface area is 76.4 Å². The van der Waals surface area contributed by atoms with Crippen molar-refractivity contribution in [3.8, 4) is 0 Å².